The molecule has 12 nitrogen and oxygen atoms in total. The van der Waals surface area contributed by atoms with Crippen molar-refractivity contribution >= 4 is 35.6 Å². The Morgan fingerprint density at radius 2 is 1.30 bits per heavy atom. The summed E-state index contributed by atoms with van der Waals surface area (Å²) in [5.41, 5.74) is -3.44. The molecule has 0 saturated heterocycles. The largest absolute Gasteiger partial charge is 0.459 e. The summed E-state index contributed by atoms with van der Waals surface area (Å²) in [5.74, 6) is -7.51. The Balaban J connectivity index is 2.39. The number of benzene rings is 1. The quantitative estimate of drug-likeness (QED) is 0.268. The normalized spacial score (nSPS) is 32.1. The van der Waals surface area contributed by atoms with Gasteiger partial charge in [0.2, 0.25) is 6.10 Å². The van der Waals surface area contributed by atoms with Crippen LogP contribution < -0.4 is 0 Å². The van der Waals surface area contributed by atoms with Crippen molar-refractivity contribution in [2.75, 3.05) is 0 Å². The van der Waals surface area contributed by atoms with Crippen LogP contribution in [-0.4, -0.2) is 76.9 Å². The minimum atomic E-state index is -2.05. The third kappa shape index (κ3) is 8.34. The van der Waals surface area contributed by atoms with E-state index in [0.717, 1.165) is 20.8 Å². The van der Waals surface area contributed by atoms with Gasteiger partial charge in [0, 0.05) is 44.6 Å². The number of carbonyl (C=O) groups excluding carboxylic acids is 6. The molecule has 1 saturated carbocycles. The second kappa shape index (κ2) is 14.6. The Bertz CT molecular complexity index is 1430. The molecule has 0 spiro atoms. The summed E-state index contributed by atoms with van der Waals surface area (Å²) >= 11 is 0. The lowest BCUT2D eigenvalue weighted by Gasteiger charge is -2.45. The van der Waals surface area contributed by atoms with E-state index in [1.54, 1.807) is 64.1 Å². The third-order valence-corrected chi connectivity index (χ3v) is 8.58. The lowest BCUT2D eigenvalue weighted by molar-refractivity contribution is -0.192. The van der Waals surface area contributed by atoms with Crippen LogP contribution >= 0.6 is 0 Å². The SMILES string of the molecule is C=C1C(OC(C)=O)C(OC(C)=O)C(=O)C(C)(C)C=CC(C)C(OC(C)=O)C2(O)CC(C)C(OC(=O)c3ccccc3)C2C1OC(C)=O. The van der Waals surface area contributed by atoms with Crippen molar-refractivity contribution in [1.29, 1.82) is 0 Å². The molecule has 1 fully saturated rings. The van der Waals surface area contributed by atoms with Gasteiger partial charge in [-0.2, -0.15) is 0 Å². The van der Waals surface area contributed by atoms with Gasteiger partial charge in [0.15, 0.2) is 11.9 Å². The van der Waals surface area contributed by atoms with E-state index < -0.39 is 94.9 Å². The Kier molecular flexibility index (Phi) is 11.6. The number of hydrogen-bond donors (Lipinski definition) is 1. The molecule has 1 aromatic carbocycles. The molecular formula is C35H44O12. The Morgan fingerprint density at radius 3 is 1.83 bits per heavy atom. The predicted molar refractivity (Wildman–Crippen MR) is 166 cm³/mol. The number of carbonyl (C=O) groups is 6. The zero-order valence-electron chi connectivity index (χ0n) is 28.0. The maximum atomic E-state index is 14.1. The molecule has 256 valence electrons. The standard InChI is InChI=1S/C35H44O12/c1-18-15-16-34(8,9)31(40)30(45-23(6)38)29(44-22(5)37)20(3)28(43-21(4)36)26-27(47-33(41)25-13-11-10-12-14-25)19(2)17-35(26,42)32(18)46-24(7)39/h10-16,18-19,26-30,32,42H,3,17H2,1-2,4-9H3. The molecule has 2 aliphatic rings. The summed E-state index contributed by atoms with van der Waals surface area (Å²) in [6.45, 7) is 15.0. The van der Waals surface area contributed by atoms with Gasteiger partial charge in [0.25, 0.3) is 0 Å². The maximum Gasteiger partial charge on any atom is 0.338 e. The Morgan fingerprint density at radius 1 is 0.787 bits per heavy atom. The molecule has 3 rings (SSSR count). The number of fused-ring (bicyclic) bond motifs is 1. The molecule has 2 aliphatic carbocycles. The van der Waals surface area contributed by atoms with Crippen molar-refractivity contribution in [3.05, 3.63) is 60.2 Å². The van der Waals surface area contributed by atoms with Crippen LogP contribution in [0.5, 0.6) is 0 Å². The molecule has 1 N–H and O–H groups in total. The first kappa shape index (κ1) is 37.1. The number of rotatable bonds is 6. The third-order valence-electron chi connectivity index (χ3n) is 8.58. The summed E-state index contributed by atoms with van der Waals surface area (Å²) in [4.78, 5) is 77.6. The van der Waals surface area contributed by atoms with Crippen LogP contribution in [0.4, 0.5) is 0 Å². The second-order valence-electron chi connectivity index (χ2n) is 12.9. The van der Waals surface area contributed by atoms with E-state index in [1.165, 1.54) is 13.0 Å². The van der Waals surface area contributed by atoms with Crippen molar-refractivity contribution in [2.24, 2.45) is 23.2 Å². The zero-order chi connectivity index (χ0) is 35.4. The first-order valence-electron chi connectivity index (χ1n) is 15.4. The Hall–Kier alpha value is -4.32. The van der Waals surface area contributed by atoms with Gasteiger partial charge in [0.1, 0.15) is 23.9 Å². The minimum absolute atomic E-state index is 0.0977. The first-order chi connectivity index (χ1) is 21.8. The monoisotopic (exact) mass is 656 g/mol. The van der Waals surface area contributed by atoms with Gasteiger partial charge in [-0.05, 0) is 38.3 Å². The van der Waals surface area contributed by atoms with E-state index in [0.29, 0.717) is 0 Å². The van der Waals surface area contributed by atoms with Gasteiger partial charge in [-0.3, -0.25) is 24.0 Å². The topological polar surface area (TPSA) is 169 Å². The molecule has 0 radical (unpaired) electrons. The second-order valence-corrected chi connectivity index (χ2v) is 12.9. The van der Waals surface area contributed by atoms with Crippen LogP contribution in [0, 0.1) is 23.2 Å². The van der Waals surface area contributed by atoms with E-state index in [2.05, 4.69) is 6.58 Å². The highest BCUT2D eigenvalue weighted by molar-refractivity contribution is 5.93. The molecule has 0 heterocycles. The van der Waals surface area contributed by atoms with Crippen molar-refractivity contribution in [3.63, 3.8) is 0 Å². The van der Waals surface area contributed by atoms with E-state index in [-0.39, 0.29) is 17.6 Å². The molecular weight excluding hydrogens is 612 g/mol. The van der Waals surface area contributed by atoms with E-state index in [1.807, 2.05) is 0 Å². The Labute approximate surface area is 274 Å². The van der Waals surface area contributed by atoms with Crippen molar-refractivity contribution in [3.8, 4) is 0 Å². The molecule has 9 atom stereocenters. The predicted octanol–water partition coefficient (Wildman–Crippen LogP) is 3.68. The van der Waals surface area contributed by atoms with Crippen molar-refractivity contribution < 1.29 is 57.6 Å². The highest BCUT2D eigenvalue weighted by atomic mass is 16.6. The minimum Gasteiger partial charge on any atom is -0.459 e. The van der Waals surface area contributed by atoms with Crippen LogP contribution in [-0.2, 0) is 47.7 Å². The summed E-state index contributed by atoms with van der Waals surface area (Å²) < 4.78 is 28.6. The summed E-state index contributed by atoms with van der Waals surface area (Å²) in [6.07, 6.45) is -4.58. The van der Waals surface area contributed by atoms with Crippen molar-refractivity contribution in [1.82, 2.24) is 0 Å². The molecule has 0 aliphatic heterocycles. The lowest BCUT2D eigenvalue weighted by atomic mass is 9.72. The van der Waals surface area contributed by atoms with E-state index >= 15 is 0 Å². The fourth-order valence-corrected chi connectivity index (χ4v) is 6.55. The van der Waals surface area contributed by atoms with Gasteiger partial charge in [-0.1, -0.05) is 50.8 Å². The van der Waals surface area contributed by atoms with Crippen LogP contribution in [0.25, 0.3) is 0 Å². The number of ether oxygens (including phenoxy) is 5. The highest BCUT2D eigenvalue weighted by Crippen LogP contribution is 2.51. The maximum absolute atomic E-state index is 14.1. The van der Waals surface area contributed by atoms with Crippen LogP contribution in [0.3, 0.4) is 0 Å². The van der Waals surface area contributed by atoms with Gasteiger partial charge < -0.3 is 28.8 Å². The van der Waals surface area contributed by atoms with Gasteiger partial charge in [-0.15, -0.1) is 0 Å². The number of ketones is 1. The molecule has 9 unspecified atom stereocenters. The number of allylic oxidation sites excluding steroid dienone is 1. The first-order valence-corrected chi connectivity index (χ1v) is 15.4. The number of esters is 5. The zero-order valence-corrected chi connectivity index (χ0v) is 28.0. The number of hydrogen-bond acceptors (Lipinski definition) is 12. The summed E-state index contributed by atoms with van der Waals surface area (Å²) in [7, 11) is 0. The van der Waals surface area contributed by atoms with Crippen LogP contribution in [0.15, 0.2) is 54.6 Å². The van der Waals surface area contributed by atoms with Gasteiger partial charge in [-0.25, -0.2) is 4.79 Å². The number of aliphatic hydroxyl groups is 1. The average molecular weight is 657 g/mol. The summed E-state index contributed by atoms with van der Waals surface area (Å²) in [6, 6.07) is 8.09. The molecule has 0 aromatic heterocycles. The van der Waals surface area contributed by atoms with Crippen LogP contribution in [0.1, 0.15) is 72.2 Å². The van der Waals surface area contributed by atoms with Gasteiger partial charge >= 0.3 is 29.8 Å². The highest BCUT2D eigenvalue weighted by Gasteiger charge is 2.64. The smallest absolute Gasteiger partial charge is 0.338 e. The molecule has 47 heavy (non-hydrogen) atoms. The molecule has 1 aromatic rings. The number of Topliss-reactive ketones (excluding diaryl/α,β-unsaturated/α-hetero) is 1. The fourth-order valence-electron chi connectivity index (χ4n) is 6.55. The van der Waals surface area contributed by atoms with E-state index in [4.69, 9.17) is 23.7 Å². The van der Waals surface area contributed by atoms with Gasteiger partial charge in [0.05, 0.1) is 11.5 Å². The van der Waals surface area contributed by atoms with Crippen LogP contribution in [0.2, 0.25) is 0 Å². The van der Waals surface area contributed by atoms with Crippen molar-refractivity contribution in [2.45, 2.75) is 97.9 Å². The average Bonchev–Trinajstić information content (AvgIpc) is 3.22. The molecule has 12 heteroatoms. The lowest BCUT2D eigenvalue weighted by Crippen LogP contribution is -2.59. The fraction of sp³-hybridized carbons (Fsp3) is 0.543. The van der Waals surface area contributed by atoms with E-state index in [9.17, 15) is 33.9 Å². The molecule has 0 amide bonds. The summed E-state index contributed by atoms with van der Waals surface area (Å²) in [5, 5.41) is 12.8. The molecule has 0 bridgehead atoms.